The molecule has 140 valence electrons. The standard InChI is InChI=1S/C18H20N6O3/c1-11-5-12(2)24(23-11)17-9-16(19-10-20-17)22-18(25)21-13-6-14(26-3)8-15(7-13)27-4/h5-10H,1-4H3,(H2,19,20,21,22,25). The highest BCUT2D eigenvalue weighted by molar-refractivity contribution is 5.99. The van der Waals surface area contributed by atoms with Gasteiger partial charge < -0.3 is 14.8 Å². The van der Waals surface area contributed by atoms with Gasteiger partial charge in [0.05, 0.1) is 19.9 Å². The summed E-state index contributed by atoms with van der Waals surface area (Å²) in [7, 11) is 3.08. The van der Waals surface area contributed by atoms with Crippen LogP contribution in [0.4, 0.5) is 16.3 Å². The van der Waals surface area contributed by atoms with Crippen molar-refractivity contribution in [1.82, 2.24) is 19.7 Å². The topological polar surface area (TPSA) is 103 Å². The molecule has 0 saturated heterocycles. The SMILES string of the molecule is COc1cc(NC(=O)Nc2cc(-n3nc(C)cc3C)ncn2)cc(OC)c1. The summed E-state index contributed by atoms with van der Waals surface area (Å²) >= 11 is 0. The lowest BCUT2D eigenvalue weighted by atomic mass is 10.3. The van der Waals surface area contributed by atoms with Gasteiger partial charge in [-0.25, -0.2) is 19.4 Å². The molecule has 1 aromatic carbocycles. The zero-order chi connectivity index (χ0) is 19.4. The van der Waals surface area contributed by atoms with Gasteiger partial charge in [0.25, 0.3) is 0 Å². The van der Waals surface area contributed by atoms with E-state index in [1.165, 1.54) is 6.33 Å². The fourth-order valence-electron chi connectivity index (χ4n) is 2.55. The number of ether oxygens (including phenoxy) is 2. The van der Waals surface area contributed by atoms with Gasteiger partial charge in [0.15, 0.2) is 5.82 Å². The average Bonchev–Trinajstić information content (AvgIpc) is 2.99. The largest absolute Gasteiger partial charge is 0.497 e. The van der Waals surface area contributed by atoms with Gasteiger partial charge in [-0.1, -0.05) is 0 Å². The molecular weight excluding hydrogens is 348 g/mol. The van der Waals surface area contributed by atoms with Crippen molar-refractivity contribution < 1.29 is 14.3 Å². The Morgan fingerprint density at radius 1 is 0.963 bits per heavy atom. The van der Waals surface area contributed by atoms with Crippen molar-refractivity contribution in [3.63, 3.8) is 0 Å². The average molecular weight is 368 g/mol. The number of anilines is 2. The first-order valence-electron chi connectivity index (χ1n) is 8.15. The second-order valence-electron chi connectivity index (χ2n) is 5.78. The van der Waals surface area contributed by atoms with Gasteiger partial charge in [-0.2, -0.15) is 5.10 Å². The third-order valence-electron chi connectivity index (χ3n) is 3.73. The highest BCUT2D eigenvalue weighted by atomic mass is 16.5. The van der Waals surface area contributed by atoms with Gasteiger partial charge in [0, 0.05) is 35.6 Å². The molecular formula is C18H20N6O3. The number of urea groups is 1. The maximum Gasteiger partial charge on any atom is 0.324 e. The molecule has 0 unspecified atom stereocenters. The predicted octanol–water partition coefficient (Wildman–Crippen LogP) is 2.94. The van der Waals surface area contributed by atoms with Gasteiger partial charge >= 0.3 is 6.03 Å². The van der Waals surface area contributed by atoms with Crippen molar-refractivity contribution in [2.24, 2.45) is 0 Å². The fourth-order valence-corrected chi connectivity index (χ4v) is 2.55. The monoisotopic (exact) mass is 368 g/mol. The van der Waals surface area contributed by atoms with Crippen LogP contribution < -0.4 is 20.1 Å². The van der Waals surface area contributed by atoms with Crippen LogP contribution in [0.25, 0.3) is 5.82 Å². The van der Waals surface area contributed by atoms with E-state index in [1.807, 2.05) is 19.9 Å². The van der Waals surface area contributed by atoms with E-state index in [9.17, 15) is 4.79 Å². The van der Waals surface area contributed by atoms with Crippen molar-refractivity contribution in [2.45, 2.75) is 13.8 Å². The summed E-state index contributed by atoms with van der Waals surface area (Å²) in [5, 5.41) is 9.78. The lowest BCUT2D eigenvalue weighted by Crippen LogP contribution is -2.20. The molecule has 2 amide bonds. The normalized spacial score (nSPS) is 10.4. The number of benzene rings is 1. The Labute approximate surface area is 156 Å². The molecule has 0 bridgehead atoms. The molecule has 27 heavy (non-hydrogen) atoms. The van der Waals surface area contributed by atoms with Gasteiger partial charge in [0.2, 0.25) is 0 Å². The minimum absolute atomic E-state index is 0.347. The number of hydrogen-bond acceptors (Lipinski definition) is 6. The van der Waals surface area contributed by atoms with E-state index in [0.717, 1.165) is 11.4 Å². The van der Waals surface area contributed by atoms with E-state index in [2.05, 4.69) is 25.7 Å². The van der Waals surface area contributed by atoms with E-state index in [4.69, 9.17) is 9.47 Å². The van der Waals surface area contributed by atoms with E-state index in [1.54, 1.807) is 43.2 Å². The molecule has 0 aliphatic rings. The fraction of sp³-hybridized carbons (Fsp3) is 0.222. The number of hydrogen-bond donors (Lipinski definition) is 2. The number of rotatable bonds is 5. The summed E-state index contributed by atoms with van der Waals surface area (Å²) in [5.41, 5.74) is 2.34. The smallest absolute Gasteiger partial charge is 0.324 e. The van der Waals surface area contributed by atoms with E-state index in [0.29, 0.717) is 28.8 Å². The van der Waals surface area contributed by atoms with Crippen LogP contribution in [0.2, 0.25) is 0 Å². The number of aromatic nitrogens is 4. The molecule has 0 aliphatic heterocycles. The van der Waals surface area contributed by atoms with Crippen molar-refractivity contribution >= 4 is 17.5 Å². The van der Waals surface area contributed by atoms with Crippen LogP contribution in [0.3, 0.4) is 0 Å². The third kappa shape index (κ3) is 4.32. The highest BCUT2D eigenvalue weighted by Crippen LogP contribution is 2.25. The minimum Gasteiger partial charge on any atom is -0.497 e. The Bertz CT molecular complexity index is 947. The van der Waals surface area contributed by atoms with Crippen molar-refractivity contribution in [3.8, 4) is 17.3 Å². The summed E-state index contributed by atoms with van der Waals surface area (Å²) in [6.45, 7) is 3.83. The molecule has 0 atom stereocenters. The summed E-state index contributed by atoms with van der Waals surface area (Å²) in [4.78, 5) is 20.6. The Hall–Kier alpha value is -3.62. The van der Waals surface area contributed by atoms with Crippen LogP contribution in [0.15, 0.2) is 36.7 Å². The lowest BCUT2D eigenvalue weighted by Gasteiger charge is -2.11. The Morgan fingerprint density at radius 2 is 1.67 bits per heavy atom. The number of carbonyl (C=O) groups excluding carboxylic acids is 1. The first kappa shape index (κ1) is 18.2. The van der Waals surface area contributed by atoms with E-state index < -0.39 is 6.03 Å². The van der Waals surface area contributed by atoms with Crippen molar-refractivity contribution in [2.75, 3.05) is 24.9 Å². The number of carbonyl (C=O) groups is 1. The maximum absolute atomic E-state index is 12.3. The Balaban J connectivity index is 1.75. The first-order chi connectivity index (χ1) is 13.0. The summed E-state index contributed by atoms with van der Waals surface area (Å²) in [6.07, 6.45) is 1.37. The number of aryl methyl sites for hydroxylation is 2. The summed E-state index contributed by atoms with van der Waals surface area (Å²) in [6, 6.07) is 8.22. The second kappa shape index (κ2) is 7.73. The number of methoxy groups -OCH3 is 2. The molecule has 0 radical (unpaired) electrons. The third-order valence-corrected chi connectivity index (χ3v) is 3.73. The minimum atomic E-state index is -0.455. The second-order valence-corrected chi connectivity index (χ2v) is 5.78. The van der Waals surface area contributed by atoms with Gasteiger partial charge in [0.1, 0.15) is 23.6 Å². The highest BCUT2D eigenvalue weighted by Gasteiger charge is 2.10. The molecule has 3 rings (SSSR count). The van der Waals surface area contributed by atoms with Crippen LogP contribution in [0, 0.1) is 13.8 Å². The maximum atomic E-state index is 12.3. The van der Waals surface area contributed by atoms with Gasteiger partial charge in [-0.05, 0) is 19.9 Å². The number of nitrogens with one attached hydrogen (secondary N) is 2. The molecule has 3 aromatic rings. The molecule has 0 aliphatic carbocycles. The van der Waals surface area contributed by atoms with Crippen molar-refractivity contribution in [3.05, 3.63) is 48.0 Å². The van der Waals surface area contributed by atoms with Crippen LogP contribution >= 0.6 is 0 Å². The Kier molecular flexibility index (Phi) is 5.20. The van der Waals surface area contributed by atoms with Crippen molar-refractivity contribution in [1.29, 1.82) is 0 Å². The molecule has 2 N–H and O–H groups in total. The van der Waals surface area contributed by atoms with Gasteiger partial charge in [-0.15, -0.1) is 0 Å². The summed E-state index contributed by atoms with van der Waals surface area (Å²) in [5.74, 6) is 2.05. The molecule has 0 saturated carbocycles. The molecule has 2 heterocycles. The van der Waals surface area contributed by atoms with Crippen LogP contribution in [0.5, 0.6) is 11.5 Å². The molecule has 0 fully saturated rings. The number of amides is 2. The zero-order valence-electron chi connectivity index (χ0n) is 15.5. The van der Waals surface area contributed by atoms with Gasteiger partial charge in [-0.3, -0.25) is 5.32 Å². The van der Waals surface area contributed by atoms with Crippen LogP contribution in [-0.2, 0) is 0 Å². The zero-order valence-corrected chi connectivity index (χ0v) is 15.5. The molecule has 2 aromatic heterocycles. The van der Waals surface area contributed by atoms with Crippen LogP contribution in [0.1, 0.15) is 11.4 Å². The lowest BCUT2D eigenvalue weighted by molar-refractivity contribution is 0.262. The first-order valence-corrected chi connectivity index (χ1v) is 8.15. The Morgan fingerprint density at radius 3 is 2.26 bits per heavy atom. The van der Waals surface area contributed by atoms with E-state index in [-0.39, 0.29) is 0 Å². The summed E-state index contributed by atoms with van der Waals surface area (Å²) < 4.78 is 12.1. The van der Waals surface area contributed by atoms with E-state index >= 15 is 0 Å². The molecule has 0 spiro atoms. The quantitative estimate of drug-likeness (QED) is 0.718. The predicted molar refractivity (Wildman–Crippen MR) is 101 cm³/mol. The number of nitrogens with zero attached hydrogens (tertiary/aromatic N) is 4. The van der Waals surface area contributed by atoms with Crippen LogP contribution in [-0.4, -0.2) is 40.0 Å². The molecule has 9 nitrogen and oxygen atoms in total. The molecule has 9 heteroatoms.